The lowest BCUT2D eigenvalue weighted by Gasteiger charge is -2.19. The lowest BCUT2D eigenvalue weighted by molar-refractivity contribution is 0.0953. The third kappa shape index (κ3) is 2.52. The van der Waals surface area contributed by atoms with E-state index in [1.807, 2.05) is 6.92 Å². The summed E-state index contributed by atoms with van der Waals surface area (Å²) in [7, 11) is 0. The molecule has 0 saturated heterocycles. The Balaban J connectivity index is 1.94. The molecule has 1 aromatic carbocycles. The molecule has 0 bridgehead atoms. The standard InChI is InChI=1S/C15H15N3O4/c1-2-5-16-12(19)9-4-3-8-6-10-13(20)17-15(21)18-14(10)22-11(8)7-9/h3-4,7H,2,5-6H2,1H3,(H,16,19)(H2,17,18,20,21). The maximum Gasteiger partial charge on any atom is 0.328 e. The van der Waals surface area contributed by atoms with Gasteiger partial charge in [0.1, 0.15) is 5.75 Å². The topological polar surface area (TPSA) is 104 Å². The molecule has 114 valence electrons. The van der Waals surface area contributed by atoms with Crippen molar-refractivity contribution in [1.82, 2.24) is 15.3 Å². The van der Waals surface area contributed by atoms with Gasteiger partial charge in [-0.25, -0.2) is 4.79 Å². The van der Waals surface area contributed by atoms with Gasteiger partial charge >= 0.3 is 5.69 Å². The van der Waals surface area contributed by atoms with Crippen LogP contribution in [0.5, 0.6) is 11.6 Å². The second-order valence-corrected chi connectivity index (χ2v) is 5.07. The van der Waals surface area contributed by atoms with Gasteiger partial charge in [0, 0.05) is 18.5 Å². The molecule has 3 N–H and O–H groups in total. The minimum atomic E-state index is -0.621. The van der Waals surface area contributed by atoms with Gasteiger partial charge in [0.2, 0.25) is 5.88 Å². The number of aromatic amines is 2. The average molecular weight is 301 g/mol. The number of aromatic nitrogens is 2. The molecule has 1 aliphatic rings. The largest absolute Gasteiger partial charge is 0.440 e. The quantitative estimate of drug-likeness (QED) is 0.668. The highest BCUT2D eigenvalue weighted by atomic mass is 16.5. The summed E-state index contributed by atoms with van der Waals surface area (Å²) < 4.78 is 5.58. The van der Waals surface area contributed by atoms with Crippen molar-refractivity contribution in [3.05, 3.63) is 55.7 Å². The molecule has 7 heteroatoms. The lowest BCUT2D eigenvalue weighted by Crippen LogP contribution is -2.28. The van der Waals surface area contributed by atoms with Crippen LogP contribution in [0.1, 0.15) is 34.8 Å². The van der Waals surface area contributed by atoms with E-state index in [-0.39, 0.29) is 11.8 Å². The number of H-pyrrole nitrogens is 2. The second kappa shape index (κ2) is 5.51. The fourth-order valence-corrected chi connectivity index (χ4v) is 2.32. The van der Waals surface area contributed by atoms with Gasteiger partial charge in [0.05, 0.1) is 5.56 Å². The fraction of sp³-hybridized carbons (Fsp3) is 0.267. The van der Waals surface area contributed by atoms with Crippen LogP contribution < -0.4 is 21.3 Å². The lowest BCUT2D eigenvalue weighted by atomic mass is 10.0. The van der Waals surface area contributed by atoms with E-state index in [4.69, 9.17) is 4.74 Å². The molecule has 0 saturated carbocycles. The first-order chi connectivity index (χ1) is 10.6. The van der Waals surface area contributed by atoms with E-state index in [0.717, 1.165) is 12.0 Å². The summed E-state index contributed by atoms with van der Waals surface area (Å²) in [5.74, 6) is 0.420. The van der Waals surface area contributed by atoms with Crippen LogP contribution in [0.25, 0.3) is 0 Å². The van der Waals surface area contributed by atoms with E-state index in [1.54, 1.807) is 18.2 Å². The van der Waals surface area contributed by atoms with Crippen LogP contribution in [-0.2, 0) is 6.42 Å². The molecule has 0 fully saturated rings. The fourth-order valence-electron chi connectivity index (χ4n) is 2.32. The van der Waals surface area contributed by atoms with Gasteiger partial charge in [-0.1, -0.05) is 13.0 Å². The Labute approximate surface area is 125 Å². The van der Waals surface area contributed by atoms with Crippen LogP contribution in [0.2, 0.25) is 0 Å². The minimum absolute atomic E-state index is 0.132. The number of amides is 1. The zero-order valence-corrected chi connectivity index (χ0v) is 12.0. The van der Waals surface area contributed by atoms with E-state index in [2.05, 4.69) is 15.3 Å². The van der Waals surface area contributed by atoms with Crippen molar-refractivity contribution in [3.8, 4) is 11.6 Å². The Morgan fingerprint density at radius 3 is 2.91 bits per heavy atom. The highest BCUT2D eigenvalue weighted by Crippen LogP contribution is 2.33. The molecule has 2 aromatic rings. The van der Waals surface area contributed by atoms with Crippen molar-refractivity contribution in [2.75, 3.05) is 6.54 Å². The number of benzene rings is 1. The van der Waals surface area contributed by atoms with Gasteiger partial charge in [-0.2, -0.15) is 0 Å². The number of carbonyl (C=O) groups is 1. The van der Waals surface area contributed by atoms with Gasteiger partial charge in [-0.3, -0.25) is 19.6 Å². The molecule has 0 atom stereocenters. The second-order valence-electron chi connectivity index (χ2n) is 5.07. The SMILES string of the molecule is CCCNC(=O)c1ccc2c(c1)Oc1[nH]c(=O)[nH]c(=O)c1C2. The molecule has 1 aliphatic heterocycles. The van der Waals surface area contributed by atoms with Crippen LogP contribution in [0.15, 0.2) is 27.8 Å². The van der Waals surface area contributed by atoms with Gasteiger partial charge in [-0.15, -0.1) is 0 Å². The first-order valence-electron chi connectivity index (χ1n) is 7.03. The summed E-state index contributed by atoms with van der Waals surface area (Å²) in [5, 5.41) is 2.79. The van der Waals surface area contributed by atoms with E-state index in [9.17, 15) is 14.4 Å². The molecule has 0 unspecified atom stereocenters. The van der Waals surface area contributed by atoms with Crippen molar-refractivity contribution in [2.45, 2.75) is 19.8 Å². The Morgan fingerprint density at radius 2 is 2.14 bits per heavy atom. The van der Waals surface area contributed by atoms with E-state index < -0.39 is 11.2 Å². The summed E-state index contributed by atoms with van der Waals surface area (Å²) in [6.45, 7) is 2.57. The third-order valence-electron chi connectivity index (χ3n) is 3.45. The summed E-state index contributed by atoms with van der Waals surface area (Å²) in [6, 6.07) is 5.06. The van der Waals surface area contributed by atoms with E-state index in [1.165, 1.54) is 0 Å². The zero-order chi connectivity index (χ0) is 15.7. The van der Waals surface area contributed by atoms with E-state index >= 15 is 0 Å². The number of hydrogen-bond donors (Lipinski definition) is 3. The average Bonchev–Trinajstić information content (AvgIpc) is 2.50. The normalized spacial score (nSPS) is 12.0. The molecule has 7 nitrogen and oxygen atoms in total. The van der Waals surface area contributed by atoms with Gasteiger partial charge in [-0.05, 0) is 24.1 Å². The molecule has 1 amide bonds. The maximum atomic E-state index is 12.0. The van der Waals surface area contributed by atoms with Crippen LogP contribution in [0.4, 0.5) is 0 Å². The van der Waals surface area contributed by atoms with E-state index in [0.29, 0.717) is 29.8 Å². The molecule has 1 aromatic heterocycles. The number of rotatable bonds is 3. The Kier molecular flexibility index (Phi) is 3.54. The highest BCUT2D eigenvalue weighted by Gasteiger charge is 2.22. The predicted molar refractivity (Wildman–Crippen MR) is 79.6 cm³/mol. The van der Waals surface area contributed by atoms with Crippen molar-refractivity contribution in [2.24, 2.45) is 0 Å². The number of nitrogens with one attached hydrogen (secondary N) is 3. The summed E-state index contributed by atoms with van der Waals surface area (Å²) in [4.78, 5) is 39.7. The molecule has 2 heterocycles. The van der Waals surface area contributed by atoms with Crippen molar-refractivity contribution < 1.29 is 9.53 Å². The first-order valence-corrected chi connectivity index (χ1v) is 7.03. The van der Waals surface area contributed by atoms with Crippen LogP contribution in [-0.4, -0.2) is 22.4 Å². The van der Waals surface area contributed by atoms with Gasteiger partial charge < -0.3 is 10.1 Å². The number of carbonyl (C=O) groups excluding carboxylic acids is 1. The van der Waals surface area contributed by atoms with Crippen molar-refractivity contribution >= 4 is 5.91 Å². The minimum Gasteiger partial charge on any atom is -0.440 e. The molecular formula is C15H15N3O4. The van der Waals surface area contributed by atoms with Gasteiger partial charge in [0.15, 0.2) is 0 Å². The summed E-state index contributed by atoms with van der Waals surface area (Å²) >= 11 is 0. The van der Waals surface area contributed by atoms with Crippen LogP contribution in [0.3, 0.4) is 0 Å². The van der Waals surface area contributed by atoms with Crippen LogP contribution >= 0.6 is 0 Å². The monoisotopic (exact) mass is 301 g/mol. The highest BCUT2D eigenvalue weighted by molar-refractivity contribution is 5.94. The summed E-state index contributed by atoms with van der Waals surface area (Å²) in [6.07, 6.45) is 1.19. The molecule has 22 heavy (non-hydrogen) atoms. The zero-order valence-electron chi connectivity index (χ0n) is 12.0. The smallest absolute Gasteiger partial charge is 0.328 e. The molecule has 0 aliphatic carbocycles. The number of fused-ring (bicyclic) bond motifs is 2. The summed E-state index contributed by atoms with van der Waals surface area (Å²) in [5.41, 5.74) is 0.549. The van der Waals surface area contributed by atoms with Crippen molar-refractivity contribution in [3.63, 3.8) is 0 Å². The third-order valence-corrected chi connectivity index (χ3v) is 3.45. The Hall–Kier alpha value is -2.83. The van der Waals surface area contributed by atoms with Crippen LogP contribution in [0, 0.1) is 0 Å². The predicted octanol–water partition coefficient (Wildman–Crippen LogP) is 0.899. The Morgan fingerprint density at radius 1 is 1.32 bits per heavy atom. The van der Waals surface area contributed by atoms with Crippen molar-refractivity contribution in [1.29, 1.82) is 0 Å². The number of hydrogen-bond acceptors (Lipinski definition) is 4. The Bertz CT molecular complexity index is 851. The first kappa shape index (κ1) is 14.1. The number of ether oxygens (including phenoxy) is 1. The molecule has 0 spiro atoms. The molecular weight excluding hydrogens is 286 g/mol. The molecule has 3 rings (SSSR count). The molecule has 0 radical (unpaired) electrons. The maximum absolute atomic E-state index is 12.0. The van der Waals surface area contributed by atoms with Gasteiger partial charge in [0.25, 0.3) is 11.5 Å².